The highest BCUT2D eigenvalue weighted by molar-refractivity contribution is 5.92. The third-order valence-corrected chi connectivity index (χ3v) is 8.69. The summed E-state index contributed by atoms with van der Waals surface area (Å²) in [6, 6.07) is 16.8. The van der Waals surface area contributed by atoms with Gasteiger partial charge in [0.25, 0.3) is 0 Å². The second-order valence-electron chi connectivity index (χ2n) is 11.2. The average Bonchev–Trinajstić information content (AvgIpc) is 2.92. The molecule has 7 heteroatoms. The Balaban J connectivity index is 1.33. The van der Waals surface area contributed by atoms with E-state index in [0.29, 0.717) is 23.4 Å². The van der Waals surface area contributed by atoms with E-state index in [2.05, 4.69) is 22.4 Å². The smallest absolute Gasteiger partial charge is 0.225 e. The van der Waals surface area contributed by atoms with Crippen LogP contribution < -0.4 is 11.1 Å². The molecule has 3 aromatic rings. The van der Waals surface area contributed by atoms with Gasteiger partial charge in [0.2, 0.25) is 11.8 Å². The van der Waals surface area contributed by atoms with Gasteiger partial charge in [0.05, 0.1) is 0 Å². The zero-order valence-electron chi connectivity index (χ0n) is 22.8. The lowest BCUT2D eigenvalue weighted by atomic mass is 9.72. The number of nitrogens with one attached hydrogen (secondary N) is 1. The van der Waals surface area contributed by atoms with Gasteiger partial charge in [-0.1, -0.05) is 42.5 Å². The van der Waals surface area contributed by atoms with Crippen molar-refractivity contribution in [3.05, 3.63) is 72.2 Å². The van der Waals surface area contributed by atoms with E-state index in [-0.39, 0.29) is 35.1 Å². The summed E-state index contributed by atoms with van der Waals surface area (Å²) in [6.45, 7) is 1.59. The lowest BCUT2D eigenvalue weighted by Crippen LogP contribution is -2.43. The number of pyridine rings is 1. The van der Waals surface area contributed by atoms with Crippen LogP contribution in [-0.2, 0) is 15.1 Å². The van der Waals surface area contributed by atoms with Crippen LogP contribution in [0.15, 0.2) is 60.8 Å². The predicted octanol–water partition coefficient (Wildman–Crippen LogP) is 6.26. The van der Waals surface area contributed by atoms with Crippen molar-refractivity contribution in [1.29, 1.82) is 0 Å². The number of rotatable bonds is 7. The molecule has 5 rings (SSSR count). The molecular formula is C32H37FN4O2. The van der Waals surface area contributed by atoms with Gasteiger partial charge < -0.3 is 16.0 Å². The number of nitrogens with zero attached hydrogens (tertiary/aromatic N) is 2. The monoisotopic (exact) mass is 528 g/mol. The Morgan fingerprint density at radius 1 is 1.03 bits per heavy atom. The van der Waals surface area contributed by atoms with Crippen molar-refractivity contribution in [1.82, 2.24) is 9.88 Å². The Morgan fingerprint density at radius 3 is 2.33 bits per heavy atom. The molecule has 1 heterocycles. The van der Waals surface area contributed by atoms with Crippen molar-refractivity contribution in [3.8, 4) is 22.3 Å². The molecule has 0 spiro atoms. The molecule has 0 atom stereocenters. The van der Waals surface area contributed by atoms with Crippen LogP contribution in [0.3, 0.4) is 0 Å². The first kappa shape index (κ1) is 27.0. The summed E-state index contributed by atoms with van der Waals surface area (Å²) >= 11 is 0. The Bertz CT molecular complexity index is 1340. The Labute approximate surface area is 229 Å². The van der Waals surface area contributed by atoms with Crippen molar-refractivity contribution in [2.45, 2.75) is 69.9 Å². The molecule has 2 fully saturated rings. The fourth-order valence-electron chi connectivity index (χ4n) is 5.93. The summed E-state index contributed by atoms with van der Waals surface area (Å²) < 4.78 is 14.9. The number of carbonyl (C=O) groups is 2. The number of benzene rings is 2. The van der Waals surface area contributed by atoms with Gasteiger partial charge in [-0.2, -0.15) is 0 Å². The van der Waals surface area contributed by atoms with E-state index in [1.807, 2.05) is 19.2 Å². The van der Waals surface area contributed by atoms with E-state index in [1.165, 1.54) is 6.07 Å². The largest absolute Gasteiger partial charge is 0.343 e. The quantitative estimate of drug-likeness (QED) is 0.379. The molecule has 2 amide bonds. The highest BCUT2D eigenvalue weighted by Gasteiger charge is 2.34. The molecule has 204 valence electrons. The predicted molar refractivity (Wildman–Crippen MR) is 152 cm³/mol. The molecule has 0 aliphatic heterocycles. The minimum Gasteiger partial charge on any atom is -0.343 e. The van der Waals surface area contributed by atoms with Gasteiger partial charge in [-0.3, -0.25) is 9.59 Å². The van der Waals surface area contributed by atoms with Gasteiger partial charge in [0.1, 0.15) is 11.6 Å². The third kappa shape index (κ3) is 5.88. The Kier molecular flexibility index (Phi) is 7.80. The molecule has 2 saturated carbocycles. The molecule has 2 aromatic carbocycles. The van der Waals surface area contributed by atoms with Crippen LogP contribution in [0.25, 0.3) is 22.3 Å². The van der Waals surface area contributed by atoms with E-state index in [0.717, 1.165) is 61.6 Å². The topological polar surface area (TPSA) is 88.3 Å². The van der Waals surface area contributed by atoms with Crippen LogP contribution in [-0.4, -0.2) is 34.8 Å². The molecular weight excluding hydrogens is 491 g/mol. The number of aromatic nitrogens is 1. The van der Waals surface area contributed by atoms with E-state index >= 15 is 0 Å². The molecule has 0 saturated heterocycles. The fourth-order valence-corrected chi connectivity index (χ4v) is 5.93. The zero-order chi connectivity index (χ0) is 27.6. The van der Waals surface area contributed by atoms with Crippen LogP contribution in [0.2, 0.25) is 0 Å². The standard InChI is InChI=1S/C32H37FN4O2/c1-21(38)37(2)25-14-8-22(9-15-25)18-31(39)36-30-19-27(26-6-3-4-7-29(26)33)28(20-35-30)23-10-12-24(13-11-23)32(34)16-5-17-32/h3-4,6-7,10-13,19-20,22,25H,5,8-9,14-18,34H2,1-2H3,(H,35,36,39). The normalized spacial score (nSPS) is 20.1. The molecule has 2 aliphatic rings. The SMILES string of the molecule is CC(=O)N(C)C1CCC(CC(=O)Nc2cc(-c3ccccc3F)c(-c3ccc(C4(N)CCC4)cc3)cn2)CC1. The fraction of sp³-hybridized carbons (Fsp3) is 0.406. The molecule has 6 nitrogen and oxygen atoms in total. The first-order valence-electron chi connectivity index (χ1n) is 13.9. The molecule has 2 aliphatic carbocycles. The van der Waals surface area contributed by atoms with Crippen LogP contribution in [0.5, 0.6) is 0 Å². The summed E-state index contributed by atoms with van der Waals surface area (Å²) in [4.78, 5) is 30.9. The first-order chi connectivity index (χ1) is 18.7. The molecule has 0 bridgehead atoms. The number of amides is 2. The second-order valence-corrected chi connectivity index (χ2v) is 11.2. The van der Waals surface area contributed by atoms with Gasteiger partial charge in [-0.15, -0.1) is 0 Å². The van der Waals surface area contributed by atoms with Gasteiger partial charge in [0.15, 0.2) is 0 Å². The second kappa shape index (κ2) is 11.3. The van der Waals surface area contributed by atoms with Gasteiger partial charge in [0, 0.05) is 49.3 Å². The minimum absolute atomic E-state index is 0.0778. The van der Waals surface area contributed by atoms with Gasteiger partial charge in [-0.05, 0) is 79.7 Å². The number of hydrogen-bond donors (Lipinski definition) is 2. The minimum atomic E-state index is -0.332. The van der Waals surface area contributed by atoms with Crippen LogP contribution in [0.1, 0.15) is 63.9 Å². The van der Waals surface area contributed by atoms with Crippen molar-refractivity contribution >= 4 is 17.6 Å². The summed E-state index contributed by atoms with van der Waals surface area (Å²) in [7, 11) is 1.85. The molecule has 1 aromatic heterocycles. The van der Waals surface area contributed by atoms with Crippen LogP contribution in [0, 0.1) is 11.7 Å². The maximum atomic E-state index is 14.9. The lowest BCUT2D eigenvalue weighted by Gasteiger charge is -2.38. The molecule has 39 heavy (non-hydrogen) atoms. The highest BCUT2D eigenvalue weighted by atomic mass is 19.1. The van der Waals surface area contributed by atoms with Crippen molar-refractivity contribution in [2.24, 2.45) is 11.7 Å². The number of hydrogen-bond acceptors (Lipinski definition) is 4. The molecule has 0 unspecified atom stereocenters. The van der Waals surface area contributed by atoms with Gasteiger partial charge >= 0.3 is 0 Å². The average molecular weight is 529 g/mol. The summed E-state index contributed by atoms with van der Waals surface area (Å²) in [5, 5.41) is 2.94. The molecule has 0 radical (unpaired) electrons. The van der Waals surface area contributed by atoms with Crippen molar-refractivity contribution < 1.29 is 14.0 Å². The third-order valence-electron chi connectivity index (χ3n) is 8.69. The van der Waals surface area contributed by atoms with Crippen molar-refractivity contribution in [3.63, 3.8) is 0 Å². The number of carbonyl (C=O) groups excluding carboxylic acids is 2. The molecule has 3 N–H and O–H groups in total. The van der Waals surface area contributed by atoms with E-state index in [4.69, 9.17) is 5.73 Å². The van der Waals surface area contributed by atoms with E-state index in [1.54, 1.807) is 42.3 Å². The zero-order valence-corrected chi connectivity index (χ0v) is 22.8. The highest BCUT2D eigenvalue weighted by Crippen LogP contribution is 2.40. The number of nitrogens with two attached hydrogens (primary N) is 1. The number of halogens is 1. The summed E-state index contributed by atoms with van der Waals surface area (Å²) in [6.07, 6.45) is 8.84. The van der Waals surface area contributed by atoms with E-state index in [9.17, 15) is 14.0 Å². The Hall–Kier alpha value is -3.58. The lowest BCUT2D eigenvalue weighted by molar-refractivity contribution is -0.130. The Morgan fingerprint density at radius 2 is 1.72 bits per heavy atom. The maximum Gasteiger partial charge on any atom is 0.225 e. The number of anilines is 1. The van der Waals surface area contributed by atoms with E-state index < -0.39 is 0 Å². The maximum absolute atomic E-state index is 14.9. The summed E-state index contributed by atoms with van der Waals surface area (Å²) in [5.41, 5.74) is 10.2. The van der Waals surface area contributed by atoms with Gasteiger partial charge in [-0.25, -0.2) is 9.37 Å². The van der Waals surface area contributed by atoms with Crippen LogP contribution in [0.4, 0.5) is 10.2 Å². The van der Waals surface area contributed by atoms with Crippen molar-refractivity contribution in [2.75, 3.05) is 12.4 Å². The van der Waals surface area contributed by atoms with Crippen LogP contribution >= 0.6 is 0 Å². The summed E-state index contributed by atoms with van der Waals surface area (Å²) in [5.74, 6) is 0.317. The first-order valence-corrected chi connectivity index (χ1v) is 13.9.